The van der Waals surface area contributed by atoms with E-state index in [1.54, 1.807) is 58.5 Å². The van der Waals surface area contributed by atoms with Crippen LogP contribution in [0.1, 0.15) is 74.3 Å². The average molecular weight is 1160 g/mol. The van der Waals surface area contributed by atoms with Crippen molar-refractivity contribution in [3.63, 3.8) is 0 Å². The third-order valence-corrected chi connectivity index (χ3v) is 10.7. The van der Waals surface area contributed by atoms with Gasteiger partial charge in [-0.1, -0.05) is 30.1 Å². The number of ether oxygens (including phenoxy) is 2. The number of aromatic amines is 4. The van der Waals surface area contributed by atoms with Crippen molar-refractivity contribution in [3.05, 3.63) is 163 Å². The summed E-state index contributed by atoms with van der Waals surface area (Å²) >= 11 is 17.2. The Hall–Kier alpha value is -6.74. The molecule has 0 bridgehead atoms. The number of pyridine rings is 2. The number of hydrogen-bond acceptors (Lipinski definition) is 15. The fourth-order valence-corrected chi connectivity index (χ4v) is 6.90. The summed E-state index contributed by atoms with van der Waals surface area (Å²) < 4.78 is 25.6. The minimum atomic E-state index is -1.67. The van der Waals surface area contributed by atoms with Gasteiger partial charge in [-0.15, -0.1) is 11.6 Å². The van der Waals surface area contributed by atoms with Crippen LogP contribution in [0.4, 0.5) is 0 Å². The number of nitriles is 2. The smallest absolute Gasteiger partial charge is 0.343 e. The second-order valence-electron chi connectivity index (χ2n) is 15.9. The highest BCUT2D eigenvalue weighted by atomic mass is 36.0. The number of H-pyrrole nitrogens is 4. The zero-order valence-corrected chi connectivity index (χ0v) is 46.8. The fraction of sp³-hybridized carbons (Fsp3) is 0.348. The Morgan fingerprint density at radius 1 is 0.720 bits per heavy atom. The predicted octanol–water partition coefficient (Wildman–Crippen LogP) is 6.56. The van der Waals surface area contributed by atoms with Crippen molar-refractivity contribution in [2.45, 2.75) is 79.6 Å². The summed E-state index contributed by atoms with van der Waals surface area (Å²) in [6.45, 7) is 15.7. The van der Waals surface area contributed by atoms with Crippen LogP contribution in [-0.2, 0) is 49.4 Å². The lowest BCUT2D eigenvalue weighted by Gasteiger charge is -2.28. The molecule has 0 aliphatic carbocycles. The zero-order chi connectivity index (χ0) is 56.7. The maximum atomic E-state index is 12.8. The molecule has 0 spiro atoms. The molecule has 0 amide bonds. The number of alkyl halides is 1. The van der Waals surface area contributed by atoms with E-state index in [1.807, 2.05) is 12.1 Å². The third-order valence-electron chi connectivity index (χ3n) is 10.1. The lowest BCUT2D eigenvalue weighted by Crippen LogP contribution is -2.36. The van der Waals surface area contributed by atoms with Crippen LogP contribution in [0.25, 0.3) is 0 Å². The molecule has 5 heterocycles. The van der Waals surface area contributed by atoms with E-state index in [0.29, 0.717) is 73.4 Å². The number of aromatic nitrogens is 11. The first-order chi connectivity index (χ1) is 35.3. The minimum absolute atomic E-state index is 0.101. The van der Waals surface area contributed by atoms with Gasteiger partial charge in [0.15, 0.2) is 23.1 Å². The maximum absolute atomic E-state index is 12.8. The van der Waals surface area contributed by atoms with Crippen LogP contribution in [0.3, 0.4) is 0 Å². The molecule has 5 N–H and O–H groups in total. The van der Waals surface area contributed by atoms with Crippen LogP contribution in [-0.4, -0.2) is 86.7 Å². The molecule has 7 aromatic rings. The van der Waals surface area contributed by atoms with Crippen molar-refractivity contribution >= 4 is 65.4 Å². The van der Waals surface area contributed by atoms with E-state index < -0.39 is 9.23 Å². The molecule has 0 aliphatic heterocycles. The third kappa shape index (κ3) is 20.8. The fourth-order valence-electron chi connectivity index (χ4n) is 6.21. The number of aliphatic hydroxyl groups is 1. The summed E-state index contributed by atoms with van der Waals surface area (Å²) in [6, 6.07) is 17.9. The minimum Gasteiger partial charge on any atom is -0.451 e. The van der Waals surface area contributed by atoms with Gasteiger partial charge in [-0.25, -0.2) is 33.9 Å². The van der Waals surface area contributed by atoms with E-state index in [-0.39, 0.29) is 58.7 Å². The van der Waals surface area contributed by atoms with Crippen molar-refractivity contribution in [1.29, 1.82) is 10.5 Å². The number of benzene rings is 2. The van der Waals surface area contributed by atoms with Gasteiger partial charge in [0.2, 0.25) is 9.23 Å². The van der Waals surface area contributed by atoms with Crippen LogP contribution in [0.5, 0.6) is 23.0 Å². The molecule has 404 valence electrons. The summed E-state index contributed by atoms with van der Waals surface area (Å²) in [5.74, 6) is 2.53. The van der Waals surface area contributed by atoms with Crippen LogP contribution in [0, 0.1) is 36.5 Å². The van der Waals surface area contributed by atoms with Crippen molar-refractivity contribution in [2.75, 3.05) is 6.54 Å². The SMILES string of the molecule is CCN(C(C)C)C(C)C.Cc1cc[nH]c(=O)c1Oc1cc(Cl)cc(C#N)c1.Cc1ccn(Cc2n[nH]c(=O)n2C)c(=O)c1Oc1cc(Cl)cc(C#N)c1.Cn1c(CCl)n[nH]c1=O.Cn1c(CO)n[nH]c1=O.O=S(Cl)Cl. The van der Waals surface area contributed by atoms with Crippen LogP contribution in [0.2, 0.25) is 10.0 Å². The molecule has 0 fully saturated rings. The van der Waals surface area contributed by atoms with Gasteiger partial charge in [0, 0.05) is 77.0 Å². The Bertz CT molecular complexity index is 3320. The van der Waals surface area contributed by atoms with Crippen LogP contribution in [0.15, 0.2) is 84.9 Å². The normalized spacial score (nSPS) is 10.3. The molecular formula is C46H55Cl5N14O9S. The number of nitrogens with one attached hydrogen (secondary N) is 4. The Labute approximate surface area is 456 Å². The topological polar surface area (TPSA) is 313 Å². The van der Waals surface area contributed by atoms with E-state index in [0.717, 1.165) is 6.54 Å². The molecule has 5 aromatic heterocycles. The summed E-state index contributed by atoms with van der Waals surface area (Å²) in [6.07, 6.45) is 3.14. The number of nitrogens with zero attached hydrogens (tertiary/aromatic N) is 10. The Morgan fingerprint density at radius 3 is 1.48 bits per heavy atom. The predicted molar refractivity (Wildman–Crippen MR) is 288 cm³/mol. The summed E-state index contributed by atoms with van der Waals surface area (Å²) in [7, 11) is 12.1. The second kappa shape index (κ2) is 31.9. The van der Waals surface area contributed by atoms with E-state index in [4.69, 9.17) is 64.1 Å². The highest BCUT2D eigenvalue weighted by molar-refractivity contribution is 8.26. The van der Waals surface area contributed by atoms with Crippen LogP contribution < -0.4 is 37.7 Å². The molecule has 75 heavy (non-hydrogen) atoms. The van der Waals surface area contributed by atoms with E-state index in [1.165, 1.54) is 55.6 Å². The van der Waals surface area contributed by atoms with E-state index in [9.17, 15) is 24.0 Å². The number of aryl methyl sites for hydroxylation is 2. The summed E-state index contributed by atoms with van der Waals surface area (Å²) in [5, 5.41) is 44.9. The Kier molecular flexibility index (Phi) is 27.4. The molecular weight excluding hydrogens is 1100 g/mol. The molecule has 29 heteroatoms. The molecule has 0 atom stereocenters. The van der Waals surface area contributed by atoms with Gasteiger partial charge in [0.05, 0.1) is 35.7 Å². The van der Waals surface area contributed by atoms with Gasteiger partial charge in [0.25, 0.3) is 11.1 Å². The standard InChI is InChI=1S/C17H14ClN5O3.C13H9ClN2O2.C8H19N.C4H6ClN3O.C4H7N3O2.Cl2OS/c1-10-3-4-23(9-14-20-21-17(25)22(14)2)16(24)15(10)26-13-6-11(8-19)5-12(18)7-13;1-8-2-3-16-13(17)12(8)18-11-5-9(7-15)4-10(14)6-11;1-6-9(7(2)3)8(4)5;1-8-3(2-5)6-7-4(8)9;1-7-3(2-8)5-6-4(7)9;1-4(2)3/h3-7H,9H2,1-2H3,(H,21,25);2-6H,1H3,(H,16,17);7-8H,6H2,1-5H3;2H2,1H3,(H,7,9);8H,2H2,1H3,(H,6,9);. The monoisotopic (exact) mass is 1150 g/mol. The van der Waals surface area contributed by atoms with Gasteiger partial charge in [-0.3, -0.25) is 28.2 Å². The van der Waals surface area contributed by atoms with E-state index >= 15 is 0 Å². The number of halogens is 5. The molecule has 0 saturated carbocycles. The van der Waals surface area contributed by atoms with Crippen molar-refractivity contribution in [2.24, 2.45) is 21.1 Å². The first-order valence-corrected chi connectivity index (χ1v) is 26.0. The summed E-state index contributed by atoms with van der Waals surface area (Å²) in [4.78, 5) is 61.9. The first kappa shape index (κ1) is 64.4. The molecule has 0 aliphatic rings. The highest BCUT2D eigenvalue weighted by Gasteiger charge is 2.15. The lowest BCUT2D eigenvalue weighted by atomic mass is 10.2. The van der Waals surface area contributed by atoms with Crippen molar-refractivity contribution < 1.29 is 18.8 Å². The quantitative estimate of drug-likeness (QED) is 0.0676. The highest BCUT2D eigenvalue weighted by Crippen LogP contribution is 2.27. The molecule has 23 nitrogen and oxygen atoms in total. The lowest BCUT2D eigenvalue weighted by molar-refractivity contribution is 0.185. The molecule has 2 aromatic carbocycles. The number of aliphatic hydroxyl groups excluding tert-OH is 1. The van der Waals surface area contributed by atoms with Gasteiger partial charge < -0.3 is 24.1 Å². The molecule has 0 saturated heterocycles. The zero-order valence-electron chi connectivity index (χ0n) is 42.2. The molecule has 7 rings (SSSR count). The van der Waals surface area contributed by atoms with Gasteiger partial charge in [-0.2, -0.15) is 25.8 Å². The molecule has 0 unspecified atom stereocenters. The largest absolute Gasteiger partial charge is 0.451 e. The second-order valence-corrected chi connectivity index (χ2v) is 19.5. The van der Waals surface area contributed by atoms with Crippen molar-refractivity contribution in [3.8, 4) is 35.1 Å². The number of hydrogen-bond donors (Lipinski definition) is 5. The van der Waals surface area contributed by atoms with Gasteiger partial charge in [0.1, 0.15) is 23.9 Å². The van der Waals surface area contributed by atoms with E-state index in [2.05, 4.69) is 96.5 Å². The average Bonchev–Trinajstić information content (AvgIpc) is 3.98. The van der Waals surface area contributed by atoms with Crippen molar-refractivity contribution in [1.82, 2.24) is 58.7 Å². The maximum Gasteiger partial charge on any atom is 0.343 e. The Morgan fingerprint density at radius 2 is 1.15 bits per heavy atom. The van der Waals surface area contributed by atoms with Gasteiger partial charge >= 0.3 is 17.1 Å². The molecule has 0 radical (unpaired) electrons. The van der Waals surface area contributed by atoms with Gasteiger partial charge in [-0.05, 0) is 108 Å². The summed E-state index contributed by atoms with van der Waals surface area (Å²) in [5.41, 5.74) is 0.421. The van der Waals surface area contributed by atoms with Crippen LogP contribution >= 0.6 is 56.2 Å². The Balaban J connectivity index is 0.000000340. The number of rotatable bonds is 11. The first-order valence-electron chi connectivity index (χ1n) is 22.0.